The van der Waals surface area contributed by atoms with Gasteiger partial charge in [-0.25, -0.2) is 0 Å². The van der Waals surface area contributed by atoms with E-state index in [2.05, 4.69) is 0 Å². The molecule has 0 aliphatic heterocycles. The summed E-state index contributed by atoms with van der Waals surface area (Å²) in [5.74, 6) is -2.42. The van der Waals surface area contributed by atoms with Crippen LogP contribution in [0.1, 0.15) is 20.8 Å². The Morgan fingerprint density at radius 2 is 1.27 bits per heavy atom. The minimum Gasteiger partial charge on any atom is -0.550 e. The summed E-state index contributed by atoms with van der Waals surface area (Å²) < 4.78 is 0. The molecule has 0 fully saturated rings. The van der Waals surface area contributed by atoms with Crippen LogP contribution in [0.4, 0.5) is 0 Å². The van der Waals surface area contributed by atoms with Gasteiger partial charge < -0.3 is 19.8 Å². The van der Waals surface area contributed by atoms with Gasteiger partial charge >= 0.3 is 0 Å². The largest absolute Gasteiger partial charge is 0.550 e. The predicted octanol–water partition coefficient (Wildman–Crippen LogP) is -1.85. The average Bonchev–Trinajstić information content (AvgIpc) is 1.63. The minimum absolute atomic E-state index is 0. The first-order valence-electron chi connectivity index (χ1n) is 2.76. The molecule has 0 rings (SSSR count). The Hall–Kier alpha value is -0.320. The molecule has 0 aliphatic rings. The molecule has 0 N–H and O–H groups in total. The molecule has 5 heteroatoms. The van der Waals surface area contributed by atoms with E-state index in [0.717, 1.165) is 6.92 Å². The van der Waals surface area contributed by atoms with Gasteiger partial charge in [0, 0.05) is 34.3 Å². The standard InChI is InChI=1S/C4H8O2.C2H4O2.Ag/c1-3(2)4(5)6;1-2(3)4;/h3H,1-2H3,(H,5,6);1H3,(H,3,4);/p-2. The van der Waals surface area contributed by atoms with Crippen LogP contribution in [0.2, 0.25) is 0 Å². The molecule has 0 unspecified atom stereocenters. The molecule has 0 amide bonds. The number of carbonyl (C=O) groups excluding carboxylic acids is 2. The van der Waals surface area contributed by atoms with Gasteiger partial charge in [0.15, 0.2) is 0 Å². The topological polar surface area (TPSA) is 80.3 Å². The van der Waals surface area contributed by atoms with Crippen molar-refractivity contribution in [1.82, 2.24) is 0 Å². The van der Waals surface area contributed by atoms with Crippen molar-refractivity contribution in [2.75, 3.05) is 0 Å². The van der Waals surface area contributed by atoms with Crippen LogP contribution in [0.5, 0.6) is 0 Å². The number of carboxylic acid groups (broad SMARTS) is 2. The number of hydrogen-bond acceptors (Lipinski definition) is 4. The van der Waals surface area contributed by atoms with E-state index in [9.17, 15) is 9.90 Å². The fraction of sp³-hybridized carbons (Fsp3) is 0.667. The molecule has 11 heavy (non-hydrogen) atoms. The van der Waals surface area contributed by atoms with Gasteiger partial charge in [-0.1, -0.05) is 13.8 Å². The molecule has 0 saturated carbocycles. The van der Waals surface area contributed by atoms with E-state index in [1.807, 2.05) is 0 Å². The summed E-state index contributed by atoms with van der Waals surface area (Å²) >= 11 is 0. The maximum atomic E-state index is 9.59. The molecule has 0 atom stereocenters. The van der Waals surface area contributed by atoms with E-state index >= 15 is 0 Å². The first kappa shape index (κ1) is 17.0. The van der Waals surface area contributed by atoms with Gasteiger partial charge in [0.25, 0.3) is 0 Å². The van der Waals surface area contributed by atoms with Crippen LogP contribution < -0.4 is 10.2 Å². The summed E-state index contributed by atoms with van der Waals surface area (Å²) in [7, 11) is 0. The molecule has 0 spiro atoms. The Labute approximate surface area is 81.1 Å². The summed E-state index contributed by atoms with van der Waals surface area (Å²) in [6.45, 7) is 4.13. The van der Waals surface area contributed by atoms with Crippen molar-refractivity contribution in [3.8, 4) is 0 Å². The third kappa shape index (κ3) is 42.2. The molecule has 0 aliphatic carbocycles. The van der Waals surface area contributed by atoms with Crippen molar-refractivity contribution in [2.45, 2.75) is 20.8 Å². The number of hydrogen-bond donors (Lipinski definition) is 0. The Kier molecular flexibility index (Phi) is 14.9. The molecule has 0 aromatic carbocycles. The summed E-state index contributed by atoms with van der Waals surface area (Å²) in [6.07, 6.45) is 0. The number of carbonyl (C=O) groups is 2. The molecule has 0 bridgehead atoms. The van der Waals surface area contributed by atoms with Crippen LogP contribution in [0.25, 0.3) is 0 Å². The van der Waals surface area contributed by atoms with Gasteiger partial charge in [0.05, 0.1) is 0 Å². The van der Waals surface area contributed by atoms with Gasteiger partial charge in [-0.05, 0) is 12.8 Å². The zero-order chi connectivity index (χ0) is 8.73. The van der Waals surface area contributed by atoms with Crippen LogP contribution in [-0.4, -0.2) is 11.9 Å². The smallest absolute Gasteiger partial charge is 0.0439 e. The van der Waals surface area contributed by atoms with E-state index in [1.54, 1.807) is 13.8 Å². The monoisotopic (exact) mass is 253 g/mol. The molecular weight excluding hydrogens is 244 g/mol. The third-order valence-corrected chi connectivity index (χ3v) is 0.471. The normalized spacial score (nSPS) is 7.27. The summed E-state index contributed by atoms with van der Waals surface area (Å²) in [6, 6.07) is 0. The maximum absolute atomic E-state index is 9.59. The molecule has 0 aromatic rings. The van der Waals surface area contributed by atoms with E-state index in [4.69, 9.17) is 9.90 Å². The molecule has 0 aromatic heterocycles. The molecule has 71 valence electrons. The van der Waals surface area contributed by atoms with Crippen molar-refractivity contribution in [1.29, 1.82) is 0 Å². The van der Waals surface area contributed by atoms with Crippen LogP contribution in [-0.2, 0) is 32.0 Å². The summed E-state index contributed by atoms with van der Waals surface area (Å²) in [4.78, 5) is 18.5. The second-order valence-electron chi connectivity index (χ2n) is 1.97. The molecule has 0 saturated heterocycles. The Morgan fingerprint density at radius 1 is 1.18 bits per heavy atom. The zero-order valence-corrected chi connectivity index (χ0v) is 7.99. The fourth-order valence-electron chi connectivity index (χ4n) is 0. The van der Waals surface area contributed by atoms with Gasteiger partial charge in [-0.15, -0.1) is 0 Å². The van der Waals surface area contributed by atoms with E-state index in [0.29, 0.717) is 0 Å². The van der Waals surface area contributed by atoms with Crippen LogP contribution in [0.15, 0.2) is 0 Å². The van der Waals surface area contributed by atoms with Gasteiger partial charge in [-0.2, -0.15) is 0 Å². The van der Waals surface area contributed by atoms with Gasteiger partial charge in [-0.3, -0.25) is 0 Å². The Bertz CT molecular complexity index is 118. The van der Waals surface area contributed by atoms with E-state index < -0.39 is 11.9 Å². The van der Waals surface area contributed by atoms with Crippen LogP contribution >= 0.6 is 0 Å². The summed E-state index contributed by atoms with van der Waals surface area (Å²) in [5.41, 5.74) is 0. The van der Waals surface area contributed by atoms with Crippen molar-refractivity contribution in [2.24, 2.45) is 5.92 Å². The SMILES string of the molecule is CC(=O)[O-].CC(C)C(=O)[O-].[Ag]. The minimum atomic E-state index is -1.08. The second kappa shape index (κ2) is 9.68. The average molecular weight is 254 g/mol. The molecule has 0 heterocycles. The Morgan fingerprint density at radius 3 is 1.27 bits per heavy atom. The predicted molar refractivity (Wildman–Crippen MR) is 30.5 cm³/mol. The van der Waals surface area contributed by atoms with Gasteiger partial charge in [0.2, 0.25) is 0 Å². The number of rotatable bonds is 1. The van der Waals surface area contributed by atoms with Crippen molar-refractivity contribution < 1.29 is 42.2 Å². The Balaban J connectivity index is -0.000000114. The van der Waals surface area contributed by atoms with E-state index in [1.165, 1.54) is 0 Å². The fourth-order valence-corrected chi connectivity index (χ4v) is 0. The first-order valence-corrected chi connectivity index (χ1v) is 2.76. The quantitative estimate of drug-likeness (QED) is 0.514. The summed E-state index contributed by atoms with van der Waals surface area (Å²) in [5, 5.41) is 18.5. The van der Waals surface area contributed by atoms with Crippen molar-refractivity contribution in [3.05, 3.63) is 0 Å². The van der Waals surface area contributed by atoms with Crippen LogP contribution in [0.3, 0.4) is 0 Å². The first-order chi connectivity index (χ1) is 4.37. The molecular formula is C6H10AgO4-2. The van der Waals surface area contributed by atoms with E-state index in [-0.39, 0.29) is 28.3 Å². The molecule has 4 nitrogen and oxygen atoms in total. The maximum Gasteiger partial charge on any atom is 0.0439 e. The third-order valence-electron chi connectivity index (χ3n) is 0.471. The van der Waals surface area contributed by atoms with Gasteiger partial charge in [0.1, 0.15) is 0 Å². The number of carboxylic acids is 2. The van der Waals surface area contributed by atoms with Crippen molar-refractivity contribution >= 4 is 11.9 Å². The van der Waals surface area contributed by atoms with Crippen LogP contribution in [0, 0.1) is 5.92 Å². The van der Waals surface area contributed by atoms with Crippen molar-refractivity contribution in [3.63, 3.8) is 0 Å². The second-order valence-corrected chi connectivity index (χ2v) is 1.97. The zero-order valence-electron chi connectivity index (χ0n) is 6.51. The number of aliphatic carboxylic acids is 2. The molecule has 1 radical (unpaired) electrons.